The van der Waals surface area contributed by atoms with E-state index in [2.05, 4.69) is 4.98 Å². The first-order valence-corrected chi connectivity index (χ1v) is 6.58. The molecule has 0 amide bonds. The van der Waals surface area contributed by atoms with E-state index in [0.29, 0.717) is 15.2 Å². The predicted molar refractivity (Wildman–Crippen MR) is 71.6 cm³/mol. The van der Waals surface area contributed by atoms with Gasteiger partial charge in [0.2, 0.25) is 0 Å². The number of fused-ring (bicyclic) bond motifs is 1. The molecule has 2 heterocycles. The van der Waals surface area contributed by atoms with Crippen molar-refractivity contribution in [2.24, 2.45) is 0 Å². The average Bonchev–Trinajstić information content (AvgIpc) is 2.92. The van der Waals surface area contributed by atoms with Crippen molar-refractivity contribution in [1.82, 2.24) is 4.98 Å². The lowest BCUT2D eigenvalue weighted by molar-refractivity contribution is -0.137. The fraction of sp³-hybridized carbons (Fsp3) is 0.0769. The zero-order valence-electron chi connectivity index (χ0n) is 9.38. The molecule has 98 valence electrons. The average molecular weight is 302 g/mol. The van der Waals surface area contributed by atoms with Gasteiger partial charge in [0, 0.05) is 10.9 Å². The molecule has 1 aromatic carbocycles. The molecule has 0 saturated carbocycles. The Morgan fingerprint density at radius 2 is 1.84 bits per heavy atom. The number of thiophene rings is 1. The lowest BCUT2D eigenvalue weighted by Crippen LogP contribution is -2.03. The zero-order chi connectivity index (χ0) is 13.6. The molecule has 1 nitrogen and oxygen atoms in total. The second kappa shape index (κ2) is 4.28. The van der Waals surface area contributed by atoms with Crippen LogP contribution in [0.4, 0.5) is 13.2 Å². The number of alkyl halides is 3. The highest BCUT2D eigenvalue weighted by Crippen LogP contribution is 2.35. The highest BCUT2D eigenvalue weighted by molar-refractivity contribution is 7.19. The molecule has 0 fully saturated rings. The van der Waals surface area contributed by atoms with Crippen LogP contribution < -0.4 is 0 Å². The number of H-pyrrole nitrogens is 1. The molecule has 2 aromatic heterocycles. The van der Waals surface area contributed by atoms with E-state index < -0.39 is 11.7 Å². The van der Waals surface area contributed by atoms with Gasteiger partial charge in [-0.15, -0.1) is 11.3 Å². The number of benzene rings is 1. The van der Waals surface area contributed by atoms with Gasteiger partial charge in [-0.3, -0.25) is 0 Å². The van der Waals surface area contributed by atoms with Crippen LogP contribution in [0.1, 0.15) is 5.56 Å². The van der Waals surface area contributed by atoms with Crippen LogP contribution in [0.5, 0.6) is 0 Å². The molecular weight excluding hydrogens is 295 g/mol. The Kier molecular flexibility index (Phi) is 2.83. The fourth-order valence-electron chi connectivity index (χ4n) is 1.90. The standard InChI is InChI=1S/C13H7ClF3NS/c14-12-4-3-11(19-12)10-6-7-5-8(13(15,16)17)1-2-9(7)18-10/h1-6,18H. The summed E-state index contributed by atoms with van der Waals surface area (Å²) >= 11 is 7.23. The summed E-state index contributed by atoms with van der Waals surface area (Å²) in [5.41, 5.74) is 0.800. The molecule has 0 atom stereocenters. The maximum atomic E-state index is 12.6. The van der Waals surface area contributed by atoms with Crippen molar-refractivity contribution in [2.75, 3.05) is 0 Å². The van der Waals surface area contributed by atoms with Crippen LogP contribution in [-0.4, -0.2) is 4.98 Å². The minimum Gasteiger partial charge on any atom is -0.354 e. The summed E-state index contributed by atoms with van der Waals surface area (Å²) in [6, 6.07) is 8.95. The van der Waals surface area contributed by atoms with Crippen LogP contribution in [0.2, 0.25) is 4.34 Å². The monoisotopic (exact) mass is 301 g/mol. The molecule has 3 rings (SSSR count). The zero-order valence-corrected chi connectivity index (χ0v) is 11.0. The summed E-state index contributed by atoms with van der Waals surface area (Å²) in [6.45, 7) is 0. The van der Waals surface area contributed by atoms with Gasteiger partial charge in [0.15, 0.2) is 0 Å². The van der Waals surface area contributed by atoms with E-state index in [9.17, 15) is 13.2 Å². The predicted octanol–water partition coefficient (Wildman–Crippen LogP) is 5.57. The Morgan fingerprint density at radius 3 is 2.47 bits per heavy atom. The third-order valence-corrected chi connectivity index (χ3v) is 4.05. The van der Waals surface area contributed by atoms with Gasteiger partial charge in [-0.2, -0.15) is 13.2 Å². The minimum atomic E-state index is -4.32. The molecule has 0 bridgehead atoms. The van der Waals surface area contributed by atoms with Gasteiger partial charge in [-0.25, -0.2) is 0 Å². The molecule has 19 heavy (non-hydrogen) atoms. The molecule has 0 aliphatic rings. The highest BCUT2D eigenvalue weighted by atomic mass is 35.5. The van der Waals surface area contributed by atoms with Gasteiger partial charge in [-0.1, -0.05) is 11.6 Å². The minimum absolute atomic E-state index is 0.536. The molecule has 0 unspecified atom stereocenters. The molecule has 0 spiro atoms. The van der Waals surface area contributed by atoms with Crippen molar-refractivity contribution >= 4 is 33.8 Å². The van der Waals surface area contributed by atoms with E-state index >= 15 is 0 Å². The Bertz CT molecular complexity index is 742. The van der Waals surface area contributed by atoms with E-state index in [1.807, 2.05) is 6.07 Å². The normalized spacial score (nSPS) is 12.2. The van der Waals surface area contributed by atoms with Gasteiger partial charge in [0.1, 0.15) is 0 Å². The maximum Gasteiger partial charge on any atom is 0.416 e. The largest absolute Gasteiger partial charge is 0.416 e. The second-order valence-corrected chi connectivity index (χ2v) is 5.80. The number of nitrogens with one attached hydrogen (secondary N) is 1. The quantitative estimate of drug-likeness (QED) is 0.605. The van der Waals surface area contributed by atoms with Crippen molar-refractivity contribution in [1.29, 1.82) is 0 Å². The first-order chi connectivity index (χ1) is 8.93. The Balaban J connectivity index is 2.11. The fourth-order valence-corrected chi connectivity index (χ4v) is 2.92. The number of rotatable bonds is 1. The summed E-state index contributed by atoms with van der Waals surface area (Å²) in [6.07, 6.45) is -4.32. The van der Waals surface area contributed by atoms with Gasteiger partial charge < -0.3 is 4.98 Å². The van der Waals surface area contributed by atoms with Gasteiger partial charge in [0.25, 0.3) is 0 Å². The first kappa shape index (κ1) is 12.6. The van der Waals surface area contributed by atoms with Crippen molar-refractivity contribution in [3.63, 3.8) is 0 Å². The third-order valence-electron chi connectivity index (χ3n) is 2.79. The molecule has 3 aromatic rings. The molecule has 0 radical (unpaired) electrons. The Labute approximate surface area is 115 Å². The highest BCUT2D eigenvalue weighted by Gasteiger charge is 2.30. The van der Waals surface area contributed by atoms with E-state index in [1.165, 1.54) is 17.4 Å². The summed E-state index contributed by atoms with van der Waals surface area (Å²) in [5.74, 6) is 0. The lowest BCUT2D eigenvalue weighted by Gasteiger charge is -2.05. The Hall–Kier alpha value is -1.46. The van der Waals surface area contributed by atoms with Gasteiger partial charge >= 0.3 is 6.18 Å². The Morgan fingerprint density at radius 1 is 1.05 bits per heavy atom. The lowest BCUT2D eigenvalue weighted by atomic mass is 10.1. The van der Waals surface area contributed by atoms with Crippen LogP contribution in [-0.2, 0) is 6.18 Å². The van der Waals surface area contributed by atoms with Gasteiger partial charge in [0.05, 0.1) is 20.5 Å². The molecule has 0 aliphatic heterocycles. The summed E-state index contributed by atoms with van der Waals surface area (Å²) < 4.78 is 38.5. The number of hydrogen-bond acceptors (Lipinski definition) is 1. The number of halogens is 4. The SMILES string of the molecule is FC(F)(F)c1ccc2[nH]c(-c3ccc(Cl)s3)cc2c1. The first-order valence-electron chi connectivity index (χ1n) is 5.39. The van der Waals surface area contributed by atoms with Crippen molar-refractivity contribution in [2.45, 2.75) is 6.18 Å². The topological polar surface area (TPSA) is 15.8 Å². The maximum absolute atomic E-state index is 12.6. The smallest absolute Gasteiger partial charge is 0.354 e. The summed E-state index contributed by atoms with van der Waals surface area (Å²) in [7, 11) is 0. The molecule has 0 aliphatic carbocycles. The second-order valence-electron chi connectivity index (χ2n) is 4.09. The molecule has 0 saturated heterocycles. The van der Waals surface area contributed by atoms with E-state index in [0.717, 1.165) is 22.7 Å². The van der Waals surface area contributed by atoms with E-state index in [1.54, 1.807) is 12.1 Å². The van der Waals surface area contributed by atoms with E-state index in [-0.39, 0.29) is 0 Å². The van der Waals surface area contributed by atoms with Crippen molar-refractivity contribution in [3.05, 3.63) is 46.3 Å². The molecule has 1 N–H and O–H groups in total. The van der Waals surface area contributed by atoms with Crippen LogP contribution in [0, 0.1) is 0 Å². The number of aromatic nitrogens is 1. The number of hydrogen-bond donors (Lipinski definition) is 1. The van der Waals surface area contributed by atoms with Crippen LogP contribution >= 0.6 is 22.9 Å². The van der Waals surface area contributed by atoms with Crippen molar-refractivity contribution < 1.29 is 13.2 Å². The van der Waals surface area contributed by atoms with Crippen LogP contribution in [0.15, 0.2) is 36.4 Å². The van der Waals surface area contributed by atoms with Gasteiger partial charge in [-0.05, 0) is 36.4 Å². The van der Waals surface area contributed by atoms with Crippen LogP contribution in [0.3, 0.4) is 0 Å². The third kappa shape index (κ3) is 2.35. The molecule has 6 heteroatoms. The van der Waals surface area contributed by atoms with Crippen LogP contribution in [0.25, 0.3) is 21.5 Å². The molecular formula is C13H7ClF3NS. The van der Waals surface area contributed by atoms with E-state index in [4.69, 9.17) is 11.6 Å². The van der Waals surface area contributed by atoms with Crippen molar-refractivity contribution in [3.8, 4) is 10.6 Å². The number of aromatic amines is 1. The summed E-state index contributed by atoms with van der Waals surface area (Å²) in [5, 5.41) is 0.536. The summed E-state index contributed by atoms with van der Waals surface area (Å²) in [4.78, 5) is 3.99.